The van der Waals surface area contributed by atoms with E-state index in [2.05, 4.69) is 26.1 Å². The maximum atomic E-state index is 10.3. The lowest BCUT2D eigenvalue weighted by Crippen LogP contribution is -2.47. The maximum Gasteiger partial charge on any atom is 0.0766 e. The lowest BCUT2D eigenvalue weighted by Gasteiger charge is -2.33. The van der Waals surface area contributed by atoms with Crippen molar-refractivity contribution in [3.8, 4) is 0 Å². The zero-order valence-electron chi connectivity index (χ0n) is 11.9. The third-order valence-electron chi connectivity index (χ3n) is 5.46. The Morgan fingerprint density at radius 2 is 1.94 bits per heavy atom. The second kappa shape index (κ2) is 4.89. The molecule has 0 spiro atoms. The van der Waals surface area contributed by atoms with E-state index in [1.807, 2.05) is 6.92 Å². The van der Waals surface area contributed by atoms with Crippen molar-refractivity contribution in [3.05, 3.63) is 0 Å². The first-order valence-corrected chi connectivity index (χ1v) is 7.36. The summed E-state index contributed by atoms with van der Waals surface area (Å²) in [6.45, 7) is 9.15. The van der Waals surface area contributed by atoms with Gasteiger partial charge in [-0.3, -0.25) is 0 Å². The molecule has 2 fully saturated rings. The molecule has 2 bridgehead atoms. The minimum absolute atomic E-state index is 0.308. The normalized spacial score (nSPS) is 37.4. The molecule has 0 aromatic heterocycles. The lowest BCUT2D eigenvalue weighted by molar-refractivity contribution is 0.00960. The molecule has 5 atom stereocenters. The Morgan fingerprint density at radius 1 is 1.24 bits per heavy atom. The fourth-order valence-electron chi connectivity index (χ4n) is 3.63. The smallest absolute Gasteiger partial charge is 0.0766 e. The van der Waals surface area contributed by atoms with E-state index in [4.69, 9.17) is 0 Å². The van der Waals surface area contributed by atoms with Crippen LogP contribution in [0.25, 0.3) is 0 Å². The Bertz CT molecular complexity index is 262. The van der Waals surface area contributed by atoms with Crippen molar-refractivity contribution in [1.82, 2.24) is 5.32 Å². The molecule has 0 heterocycles. The van der Waals surface area contributed by atoms with Gasteiger partial charge in [0.15, 0.2) is 0 Å². The summed E-state index contributed by atoms with van der Waals surface area (Å²) in [4.78, 5) is 0. The molecule has 0 radical (unpaired) electrons. The highest BCUT2D eigenvalue weighted by atomic mass is 16.3. The Labute approximate surface area is 106 Å². The van der Waals surface area contributed by atoms with Gasteiger partial charge >= 0.3 is 0 Å². The van der Waals surface area contributed by atoms with Gasteiger partial charge in [0.05, 0.1) is 5.60 Å². The molecule has 0 aromatic carbocycles. The molecule has 5 unspecified atom stereocenters. The van der Waals surface area contributed by atoms with Crippen LogP contribution in [0.15, 0.2) is 0 Å². The van der Waals surface area contributed by atoms with E-state index in [1.54, 1.807) is 0 Å². The van der Waals surface area contributed by atoms with Gasteiger partial charge in [0, 0.05) is 12.6 Å². The summed E-state index contributed by atoms with van der Waals surface area (Å²) >= 11 is 0. The molecule has 0 saturated heterocycles. The van der Waals surface area contributed by atoms with Gasteiger partial charge in [-0.15, -0.1) is 0 Å². The van der Waals surface area contributed by atoms with Crippen LogP contribution in [0.4, 0.5) is 0 Å². The predicted octanol–water partition coefficient (Wildman–Crippen LogP) is 2.81. The van der Waals surface area contributed by atoms with Crippen molar-refractivity contribution in [2.24, 2.45) is 23.7 Å². The lowest BCUT2D eigenvalue weighted by atomic mass is 9.83. The number of hydrogen-bond donors (Lipinski definition) is 2. The Morgan fingerprint density at radius 3 is 2.41 bits per heavy atom. The second-order valence-corrected chi connectivity index (χ2v) is 7.02. The van der Waals surface area contributed by atoms with Crippen LogP contribution >= 0.6 is 0 Å². The standard InChI is InChI=1S/C15H29NO/c1-10(2)15(4,17)9-16-11(3)14-8-12-5-6-13(14)7-12/h10-14,16-17H,5-9H2,1-4H3. The molecule has 0 amide bonds. The molecule has 2 heteroatoms. The zero-order chi connectivity index (χ0) is 12.6. The van der Waals surface area contributed by atoms with Gasteiger partial charge < -0.3 is 10.4 Å². The number of hydrogen-bond acceptors (Lipinski definition) is 2. The molecular formula is C15H29NO. The average Bonchev–Trinajstić information content (AvgIpc) is 2.87. The average molecular weight is 239 g/mol. The highest BCUT2D eigenvalue weighted by Crippen LogP contribution is 2.49. The third kappa shape index (κ3) is 2.85. The van der Waals surface area contributed by atoms with Crippen molar-refractivity contribution in [2.45, 2.75) is 65.0 Å². The summed E-state index contributed by atoms with van der Waals surface area (Å²) < 4.78 is 0. The molecule has 2 nitrogen and oxygen atoms in total. The summed E-state index contributed by atoms with van der Waals surface area (Å²) in [7, 11) is 0. The van der Waals surface area contributed by atoms with Crippen LogP contribution in [0.1, 0.15) is 53.4 Å². The van der Waals surface area contributed by atoms with Gasteiger partial charge in [-0.25, -0.2) is 0 Å². The number of nitrogens with one attached hydrogen (secondary N) is 1. The molecule has 2 N–H and O–H groups in total. The largest absolute Gasteiger partial charge is 0.389 e. The van der Waals surface area contributed by atoms with Gasteiger partial charge in [0.25, 0.3) is 0 Å². The fraction of sp³-hybridized carbons (Fsp3) is 1.00. The SMILES string of the molecule is CC(NCC(C)(O)C(C)C)C1CC2CCC1C2. The summed E-state index contributed by atoms with van der Waals surface area (Å²) in [6, 6.07) is 0.565. The predicted molar refractivity (Wildman–Crippen MR) is 71.9 cm³/mol. The molecule has 2 aliphatic rings. The van der Waals surface area contributed by atoms with Crippen molar-refractivity contribution >= 4 is 0 Å². The van der Waals surface area contributed by atoms with Crippen molar-refractivity contribution in [1.29, 1.82) is 0 Å². The quantitative estimate of drug-likeness (QED) is 0.773. The first-order chi connectivity index (χ1) is 7.90. The summed E-state index contributed by atoms with van der Waals surface area (Å²) in [6.07, 6.45) is 5.80. The molecular weight excluding hydrogens is 210 g/mol. The van der Waals surface area contributed by atoms with Crippen LogP contribution in [0.2, 0.25) is 0 Å². The van der Waals surface area contributed by atoms with E-state index in [9.17, 15) is 5.11 Å². The van der Waals surface area contributed by atoms with Crippen LogP contribution in [-0.4, -0.2) is 23.3 Å². The van der Waals surface area contributed by atoms with Crippen molar-refractivity contribution in [2.75, 3.05) is 6.54 Å². The zero-order valence-corrected chi connectivity index (χ0v) is 11.9. The first kappa shape index (κ1) is 13.4. The van der Waals surface area contributed by atoms with Crippen LogP contribution in [0, 0.1) is 23.7 Å². The Kier molecular flexibility index (Phi) is 3.84. The van der Waals surface area contributed by atoms with Crippen LogP contribution in [-0.2, 0) is 0 Å². The van der Waals surface area contributed by atoms with E-state index in [1.165, 1.54) is 25.7 Å². The number of fused-ring (bicyclic) bond motifs is 2. The van der Waals surface area contributed by atoms with Gasteiger partial charge in [0.2, 0.25) is 0 Å². The van der Waals surface area contributed by atoms with E-state index in [0.717, 1.165) is 24.3 Å². The summed E-state index contributed by atoms with van der Waals surface area (Å²) in [5.41, 5.74) is -0.578. The Hall–Kier alpha value is -0.0800. The van der Waals surface area contributed by atoms with Gasteiger partial charge in [0.1, 0.15) is 0 Å². The highest BCUT2D eigenvalue weighted by Gasteiger charge is 2.42. The molecule has 0 aliphatic heterocycles. The van der Waals surface area contributed by atoms with E-state index in [0.29, 0.717) is 12.0 Å². The minimum Gasteiger partial charge on any atom is -0.389 e. The second-order valence-electron chi connectivity index (χ2n) is 7.02. The van der Waals surface area contributed by atoms with Crippen LogP contribution in [0.3, 0.4) is 0 Å². The molecule has 0 aromatic rings. The van der Waals surface area contributed by atoms with Gasteiger partial charge in [-0.05, 0) is 56.8 Å². The minimum atomic E-state index is -0.578. The summed E-state index contributed by atoms with van der Waals surface area (Å²) in [5.74, 6) is 3.14. The highest BCUT2D eigenvalue weighted by molar-refractivity contribution is 4.94. The van der Waals surface area contributed by atoms with Crippen molar-refractivity contribution < 1.29 is 5.11 Å². The first-order valence-electron chi connectivity index (χ1n) is 7.36. The monoisotopic (exact) mass is 239 g/mol. The number of rotatable bonds is 5. The molecule has 2 saturated carbocycles. The van der Waals surface area contributed by atoms with Crippen LogP contribution in [0.5, 0.6) is 0 Å². The molecule has 17 heavy (non-hydrogen) atoms. The van der Waals surface area contributed by atoms with Crippen molar-refractivity contribution in [3.63, 3.8) is 0 Å². The van der Waals surface area contributed by atoms with Gasteiger partial charge in [-0.1, -0.05) is 20.3 Å². The summed E-state index contributed by atoms with van der Waals surface area (Å²) in [5, 5.41) is 13.8. The Balaban J connectivity index is 1.80. The third-order valence-corrected chi connectivity index (χ3v) is 5.46. The van der Waals surface area contributed by atoms with E-state index in [-0.39, 0.29) is 0 Å². The topological polar surface area (TPSA) is 32.3 Å². The molecule has 2 rings (SSSR count). The van der Waals surface area contributed by atoms with E-state index >= 15 is 0 Å². The fourth-order valence-corrected chi connectivity index (χ4v) is 3.63. The molecule has 2 aliphatic carbocycles. The van der Waals surface area contributed by atoms with E-state index < -0.39 is 5.60 Å². The number of aliphatic hydroxyl groups is 1. The maximum absolute atomic E-state index is 10.3. The van der Waals surface area contributed by atoms with Gasteiger partial charge in [-0.2, -0.15) is 0 Å². The molecule has 100 valence electrons. The van der Waals surface area contributed by atoms with Crippen LogP contribution < -0.4 is 5.32 Å².